The number of anilines is 1. The molecule has 3 N–H and O–H groups in total. The first kappa shape index (κ1) is 20.6. The summed E-state index contributed by atoms with van der Waals surface area (Å²) >= 11 is 5.23. The summed E-state index contributed by atoms with van der Waals surface area (Å²) in [5.74, 6) is 0.785. The Balaban J connectivity index is 1.49. The minimum atomic E-state index is -0.684. The van der Waals surface area contributed by atoms with Gasteiger partial charge in [-0.05, 0) is 65.7 Å². The van der Waals surface area contributed by atoms with Crippen LogP contribution >= 0.6 is 12.2 Å². The zero-order valence-electron chi connectivity index (χ0n) is 16.7. The fourth-order valence-electron chi connectivity index (χ4n) is 2.83. The van der Waals surface area contributed by atoms with Crippen molar-refractivity contribution in [3.05, 3.63) is 72.3 Å². The van der Waals surface area contributed by atoms with E-state index in [0.29, 0.717) is 16.8 Å². The van der Waals surface area contributed by atoms with Crippen molar-refractivity contribution in [3.63, 3.8) is 0 Å². The van der Waals surface area contributed by atoms with E-state index in [0.717, 1.165) is 16.5 Å². The molecule has 1 atom stereocenters. The van der Waals surface area contributed by atoms with Gasteiger partial charge >= 0.3 is 0 Å². The van der Waals surface area contributed by atoms with Gasteiger partial charge in [0.05, 0.1) is 0 Å². The molecule has 6 heteroatoms. The summed E-state index contributed by atoms with van der Waals surface area (Å²) in [4.78, 5) is 12.3. The Kier molecular flexibility index (Phi) is 6.67. The highest BCUT2D eigenvalue weighted by Crippen LogP contribution is 2.21. The number of hydrazine groups is 1. The molecule has 1 amide bonds. The number of rotatable bonds is 5. The number of ether oxygens (including phenoxy) is 1. The van der Waals surface area contributed by atoms with E-state index in [1.54, 1.807) is 6.92 Å². The van der Waals surface area contributed by atoms with Gasteiger partial charge in [-0.3, -0.25) is 15.6 Å². The van der Waals surface area contributed by atoms with Gasteiger partial charge in [-0.2, -0.15) is 0 Å². The highest BCUT2D eigenvalue weighted by atomic mass is 32.1. The summed E-state index contributed by atoms with van der Waals surface area (Å²) in [6, 6.07) is 21.7. The molecule has 29 heavy (non-hydrogen) atoms. The molecule has 0 aromatic heterocycles. The minimum absolute atomic E-state index is 0.300. The highest BCUT2D eigenvalue weighted by molar-refractivity contribution is 7.80. The largest absolute Gasteiger partial charge is 0.481 e. The van der Waals surface area contributed by atoms with Gasteiger partial charge in [0, 0.05) is 5.69 Å². The summed E-state index contributed by atoms with van der Waals surface area (Å²) in [5, 5.41) is 5.52. The van der Waals surface area contributed by atoms with E-state index in [4.69, 9.17) is 17.0 Å². The van der Waals surface area contributed by atoms with Crippen molar-refractivity contribution in [2.45, 2.75) is 32.8 Å². The van der Waals surface area contributed by atoms with Crippen LogP contribution in [0, 0.1) is 0 Å². The first-order valence-corrected chi connectivity index (χ1v) is 9.95. The zero-order chi connectivity index (χ0) is 20.8. The Morgan fingerprint density at radius 2 is 1.59 bits per heavy atom. The third-order valence-corrected chi connectivity index (χ3v) is 4.74. The maximum absolute atomic E-state index is 12.3. The SMILES string of the molecule is CC(C)c1ccc(NC(=S)NNC(=O)[C@H](C)Oc2ccc3ccccc3c2)cc1. The van der Waals surface area contributed by atoms with Crippen LogP contribution < -0.4 is 20.9 Å². The molecule has 0 bridgehead atoms. The summed E-state index contributed by atoms with van der Waals surface area (Å²) in [6.45, 7) is 5.98. The van der Waals surface area contributed by atoms with Crippen LogP contribution in [0.3, 0.4) is 0 Å². The number of benzene rings is 3. The minimum Gasteiger partial charge on any atom is -0.481 e. The number of carbonyl (C=O) groups is 1. The van der Waals surface area contributed by atoms with Gasteiger partial charge in [0.2, 0.25) is 0 Å². The second-order valence-electron chi connectivity index (χ2n) is 7.11. The van der Waals surface area contributed by atoms with E-state index in [1.165, 1.54) is 5.56 Å². The Morgan fingerprint density at radius 3 is 2.28 bits per heavy atom. The number of hydrogen-bond donors (Lipinski definition) is 3. The number of hydrogen-bond acceptors (Lipinski definition) is 3. The van der Waals surface area contributed by atoms with E-state index >= 15 is 0 Å². The van der Waals surface area contributed by atoms with Crippen LogP contribution in [-0.2, 0) is 4.79 Å². The molecule has 150 valence electrons. The molecular formula is C23H25N3O2S. The molecule has 0 aliphatic carbocycles. The lowest BCUT2D eigenvalue weighted by atomic mass is 10.0. The van der Waals surface area contributed by atoms with Crippen molar-refractivity contribution in [1.29, 1.82) is 0 Å². The third kappa shape index (κ3) is 5.68. The lowest BCUT2D eigenvalue weighted by molar-refractivity contribution is -0.127. The van der Waals surface area contributed by atoms with Crippen molar-refractivity contribution in [2.24, 2.45) is 0 Å². The predicted octanol–water partition coefficient (Wildman–Crippen LogP) is 4.75. The molecular weight excluding hydrogens is 382 g/mol. The van der Waals surface area contributed by atoms with E-state index in [1.807, 2.05) is 66.7 Å². The van der Waals surface area contributed by atoms with Gasteiger partial charge in [0.25, 0.3) is 5.91 Å². The first-order valence-electron chi connectivity index (χ1n) is 9.54. The normalized spacial score (nSPS) is 11.7. The van der Waals surface area contributed by atoms with Crippen molar-refractivity contribution in [3.8, 4) is 5.75 Å². The molecule has 3 rings (SSSR count). The molecule has 0 saturated carbocycles. The lowest BCUT2D eigenvalue weighted by Crippen LogP contribution is -2.48. The monoisotopic (exact) mass is 407 g/mol. The molecule has 0 heterocycles. The fraction of sp³-hybridized carbons (Fsp3) is 0.217. The van der Waals surface area contributed by atoms with E-state index < -0.39 is 6.10 Å². The summed E-state index contributed by atoms with van der Waals surface area (Å²) in [6.07, 6.45) is -0.684. The van der Waals surface area contributed by atoms with Crippen molar-refractivity contribution in [2.75, 3.05) is 5.32 Å². The topological polar surface area (TPSA) is 62.4 Å². The van der Waals surface area contributed by atoms with E-state index in [9.17, 15) is 4.79 Å². The highest BCUT2D eigenvalue weighted by Gasteiger charge is 2.15. The number of nitrogens with one attached hydrogen (secondary N) is 3. The predicted molar refractivity (Wildman–Crippen MR) is 122 cm³/mol. The molecule has 0 fully saturated rings. The second-order valence-corrected chi connectivity index (χ2v) is 7.52. The van der Waals surface area contributed by atoms with Gasteiger partial charge in [0.1, 0.15) is 5.75 Å². The summed E-state index contributed by atoms with van der Waals surface area (Å²) in [7, 11) is 0. The Labute approximate surface area is 176 Å². The Morgan fingerprint density at radius 1 is 0.897 bits per heavy atom. The Bertz CT molecular complexity index is 1000. The van der Waals surface area contributed by atoms with Crippen molar-refractivity contribution in [1.82, 2.24) is 10.9 Å². The van der Waals surface area contributed by atoms with Gasteiger partial charge in [-0.1, -0.05) is 56.3 Å². The number of amides is 1. The van der Waals surface area contributed by atoms with E-state index in [-0.39, 0.29) is 5.91 Å². The van der Waals surface area contributed by atoms with Crippen LogP contribution in [0.2, 0.25) is 0 Å². The molecule has 0 aliphatic rings. The number of carbonyl (C=O) groups excluding carboxylic acids is 1. The van der Waals surface area contributed by atoms with Gasteiger partial charge in [0.15, 0.2) is 11.2 Å². The smallest absolute Gasteiger partial charge is 0.279 e. The average Bonchev–Trinajstić information content (AvgIpc) is 2.72. The molecule has 0 spiro atoms. The van der Waals surface area contributed by atoms with Crippen LogP contribution in [0.4, 0.5) is 5.69 Å². The number of fused-ring (bicyclic) bond motifs is 1. The van der Waals surface area contributed by atoms with E-state index in [2.05, 4.69) is 30.0 Å². The van der Waals surface area contributed by atoms with Gasteiger partial charge in [-0.25, -0.2) is 0 Å². The Hall–Kier alpha value is -3.12. The molecule has 0 unspecified atom stereocenters. The standard InChI is InChI=1S/C23H25N3O2S/c1-15(2)17-8-11-20(12-9-17)24-23(29)26-25-22(27)16(3)28-21-13-10-18-6-4-5-7-19(18)14-21/h4-16H,1-3H3,(H,25,27)(H2,24,26,29)/t16-/m0/s1. The maximum atomic E-state index is 12.3. The average molecular weight is 408 g/mol. The summed E-state index contributed by atoms with van der Waals surface area (Å²) in [5.41, 5.74) is 7.38. The molecule has 0 saturated heterocycles. The first-order chi connectivity index (χ1) is 13.9. The quantitative estimate of drug-likeness (QED) is 0.421. The molecule has 5 nitrogen and oxygen atoms in total. The fourth-order valence-corrected chi connectivity index (χ4v) is 3.00. The molecule has 3 aromatic carbocycles. The lowest BCUT2D eigenvalue weighted by Gasteiger charge is -2.17. The molecule has 3 aromatic rings. The second kappa shape index (κ2) is 9.39. The van der Waals surface area contributed by atoms with Crippen LogP contribution in [-0.4, -0.2) is 17.1 Å². The maximum Gasteiger partial charge on any atom is 0.279 e. The zero-order valence-corrected chi connectivity index (χ0v) is 17.5. The van der Waals surface area contributed by atoms with Gasteiger partial charge < -0.3 is 10.1 Å². The van der Waals surface area contributed by atoms with Crippen molar-refractivity contribution >= 4 is 39.7 Å². The van der Waals surface area contributed by atoms with Crippen LogP contribution in [0.1, 0.15) is 32.3 Å². The molecule has 0 aliphatic heterocycles. The number of thiocarbonyl (C=S) groups is 1. The van der Waals surface area contributed by atoms with Crippen LogP contribution in [0.15, 0.2) is 66.7 Å². The van der Waals surface area contributed by atoms with Gasteiger partial charge in [-0.15, -0.1) is 0 Å². The summed E-state index contributed by atoms with van der Waals surface area (Å²) < 4.78 is 5.75. The van der Waals surface area contributed by atoms with Crippen LogP contribution in [0.25, 0.3) is 10.8 Å². The van der Waals surface area contributed by atoms with Crippen molar-refractivity contribution < 1.29 is 9.53 Å². The molecule has 0 radical (unpaired) electrons. The van der Waals surface area contributed by atoms with Crippen LogP contribution in [0.5, 0.6) is 5.75 Å². The third-order valence-electron chi connectivity index (χ3n) is 4.54.